The number of nitrogens with zero attached hydrogens (tertiary/aromatic N) is 2. The molecule has 5 nitrogen and oxygen atoms in total. The van der Waals surface area contributed by atoms with Crippen LogP contribution in [0.5, 0.6) is 0 Å². The molecule has 1 saturated carbocycles. The Morgan fingerprint density at radius 3 is 2.45 bits per heavy atom. The summed E-state index contributed by atoms with van der Waals surface area (Å²) in [5, 5.41) is 3.68. The van der Waals surface area contributed by atoms with E-state index in [2.05, 4.69) is 10.1 Å². The van der Waals surface area contributed by atoms with Gasteiger partial charge in [-0.05, 0) is 39.5 Å². The van der Waals surface area contributed by atoms with Crippen LogP contribution in [0, 0.1) is 0 Å². The normalized spacial score (nSPS) is 21.9. The van der Waals surface area contributed by atoms with Crippen molar-refractivity contribution in [1.82, 2.24) is 10.1 Å². The molecular weight excluding hydrogens is 275 g/mol. The Bertz CT molecular complexity index is 465. The van der Waals surface area contributed by atoms with Crippen LogP contribution in [0.25, 0.3) is 0 Å². The van der Waals surface area contributed by atoms with Gasteiger partial charge in [0, 0.05) is 6.61 Å². The molecule has 0 saturated heterocycles. The van der Waals surface area contributed by atoms with E-state index in [4.69, 9.17) is 15.0 Å². The van der Waals surface area contributed by atoms with Crippen LogP contribution in [0.2, 0.25) is 0 Å². The first kappa shape index (κ1) is 15.2. The number of alkyl halides is 3. The lowest BCUT2D eigenvalue weighted by Gasteiger charge is -2.25. The Kier molecular flexibility index (Phi) is 3.81. The van der Waals surface area contributed by atoms with Gasteiger partial charge in [0.15, 0.2) is 5.54 Å². The van der Waals surface area contributed by atoms with Crippen molar-refractivity contribution in [3.8, 4) is 0 Å². The highest BCUT2D eigenvalue weighted by atomic mass is 19.4. The molecule has 0 bridgehead atoms. The summed E-state index contributed by atoms with van der Waals surface area (Å²) in [5.41, 5.74) is 1.88. The largest absolute Gasteiger partial charge is 0.415 e. The molecular formula is C12H18F3N3O2. The van der Waals surface area contributed by atoms with Gasteiger partial charge in [-0.1, -0.05) is 5.16 Å². The van der Waals surface area contributed by atoms with Crippen molar-refractivity contribution in [1.29, 1.82) is 0 Å². The monoisotopic (exact) mass is 293 g/mol. The molecule has 0 radical (unpaired) electrons. The predicted molar refractivity (Wildman–Crippen MR) is 63.7 cm³/mol. The van der Waals surface area contributed by atoms with Gasteiger partial charge < -0.3 is 15.0 Å². The molecule has 8 heteroatoms. The van der Waals surface area contributed by atoms with Crippen molar-refractivity contribution in [2.24, 2.45) is 5.73 Å². The molecule has 1 aliphatic rings. The Balaban J connectivity index is 2.33. The molecule has 2 N–H and O–H groups in total. The zero-order valence-electron chi connectivity index (χ0n) is 11.5. The van der Waals surface area contributed by atoms with Crippen molar-refractivity contribution in [3.05, 3.63) is 11.7 Å². The molecule has 0 aromatic carbocycles. The SMILES string of the molecule is CCOC1(c2noc(C(C)(N)C(F)(F)F)n2)CCCC1. The molecule has 2 rings (SSSR count). The van der Waals surface area contributed by atoms with E-state index in [9.17, 15) is 13.2 Å². The first-order chi connectivity index (χ1) is 9.23. The second-order valence-electron chi connectivity index (χ2n) is 5.26. The molecule has 1 fully saturated rings. The van der Waals surface area contributed by atoms with Crippen LogP contribution in [0.1, 0.15) is 51.2 Å². The predicted octanol–water partition coefficient (Wildman–Crippen LogP) is 2.61. The quantitative estimate of drug-likeness (QED) is 0.923. The van der Waals surface area contributed by atoms with Crippen LogP contribution in [-0.2, 0) is 15.9 Å². The first-order valence-electron chi connectivity index (χ1n) is 6.57. The van der Waals surface area contributed by atoms with Gasteiger partial charge in [0.05, 0.1) is 0 Å². The lowest BCUT2D eigenvalue weighted by molar-refractivity contribution is -0.190. The summed E-state index contributed by atoms with van der Waals surface area (Å²) < 4.78 is 49.0. The third kappa shape index (κ3) is 2.42. The van der Waals surface area contributed by atoms with Crippen molar-refractivity contribution < 1.29 is 22.4 Å². The van der Waals surface area contributed by atoms with E-state index in [0.717, 1.165) is 19.8 Å². The highest BCUT2D eigenvalue weighted by molar-refractivity contribution is 5.10. The number of halogens is 3. The summed E-state index contributed by atoms with van der Waals surface area (Å²) in [7, 11) is 0. The molecule has 1 unspecified atom stereocenters. The number of aromatic nitrogens is 2. The fourth-order valence-electron chi connectivity index (χ4n) is 2.40. The highest BCUT2D eigenvalue weighted by Gasteiger charge is 2.54. The molecule has 20 heavy (non-hydrogen) atoms. The summed E-state index contributed by atoms with van der Waals surface area (Å²) in [6.07, 6.45) is -1.47. The molecule has 114 valence electrons. The maximum absolute atomic E-state index is 12.9. The topological polar surface area (TPSA) is 74.2 Å². The van der Waals surface area contributed by atoms with E-state index >= 15 is 0 Å². The molecule has 1 aromatic rings. The van der Waals surface area contributed by atoms with Crippen molar-refractivity contribution in [3.63, 3.8) is 0 Å². The average molecular weight is 293 g/mol. The van der Waals surface area contributed by atoms with Crippen LogP contribution in [0.15, 0.2) is 4.52 Å². The molecule has 1 atom stereocenters. The smallest absolute Gasteiger partial charge is 0.367 e. The zero-order chi connectivity index (χ0) is 15.0. The Hall–Kier alpha value is -1.15. The summed E-state index contributed by atoms with van der Waals surface area (Å²) in [4.78, 5) is 3.87. The fourth-order valence-corrected chi connectivity index (χ4v) is 2.40. The lowest BCUT2D eigenvalue weighted by atomic mass is 10.0. The molecule has 0 amide bonds. The van der Waals surface area contributed by atoms with Crippen LogP contribution >= 0.6 is 0 Å². The minimum atomic E-state index is -4.66. The van der Waals surface area contributed by atoms with Crippen molar-refractivity contribution in [2.45, 2.75) is 56.8 Å². The lowest BCUT2D eigenvalue weighted by Crippen LogP contribution is -2.48. The minimum Gasteiger partial charge on any atom is -0.367 e. The Morgan fingerprint density at radius 1 is 1.35 bits per heavy atom. The number of rotatable bonds is 4. The van der Waals surface area contributed by atoms with Gasteiger partial charge in [-0.2, -0.15) is 18.2 Å². The first-order valence-corrected chi connectivity index (χ1v) is 6.57. The van der Waals surface area contributed by atoms with Crippen LogP contribution in [0.4, 0.5) is 13.2 Å². The maximum Gasteiger partial charge on any atom is 0.415 e. The average Bonchev–Trinajstić information content (AvgIpc) is 2.96. The molecule has 0 spiro atoms. The van der Waals surface area contributed by atoms with Gasteiger partial charge >= 0.3 is 6.18 Å². The second kappa shape index (κ2) is 5.00. The second-order valence-corrected chi connectivity index (χ2v) is 5.26. The van der Waals surface area contributed by atoms with E-state index in [0.29, 0.717) is 19.4 Å². The van der Waals surface area contributed by atoms with Crippen LogP contribution < -0.4 is 5.73 Å². The van der Waals surface area contributed by atoms with Gasteiger partial charge in [-0.3, -0.25) is 0 Å². The van der Waals surface area contributed by atoms with Gasteiger partial charge in [0.2, 0.25) is 5.82 Å². The maximum atomic E-state index is 12.9. The number of nitrogens with two attached hydrogens (primary N) is 1. The zero-order valence-corrected chi connectivity index (χ0v) is 11.5. The number of ether oxygens (including phenoxy) is 1. The van der Waals surface area contributed by atoms with Crippen molar-refractivity contribution >= 4 is 0 Å². The fraction of sp³-hybridized carbons (Fsp3) is 0.833. The van der Waals surface area contributed by atoms with Gasteiger partial charge in [0.1, 0.15) is 5.60 Å². The van der Waals surface area contributed by atoms with Gasteiger partial charge in [-0.25, -0.2) is 0 Å². The third-order valence-corrected chi connectivity index (χ3v) is 3.70. The summed E-state index contributed by atoms with van der Waals surface area (Å²) in [6, 6.07) is 0. The van der Waals surface area contributed by atoms with E-state index in [1.165, 1.54) is 0 Å². The van der Waals surface area contributed by atoms with Gasteiger partial charge in [0.25, 0.3) is 5.89 Å². The van der Waals surface area contributed by atoms with Gasteiger partial charge in [-0.15, -0.1) is 0 Å². The van der Waals surface area contributed by atoms with E-state index < -0.39 is 23.2 Å². The Morgan fingerprint density at radius 2 is 1.95 bits per heavy atom. The molecule has 1 heterocycles. The molecule has 0 aliphatic heterocycles. The Labute approximate surface area is 114 Å². The summed E-state index contributed by atoms with van der Waals surface area (Å²) >= 11 is 0. The summed E-state index contributed by atoms with van der Waals surface area (Å²) in [6.45, 7) is 3.07. The summed E-state index contributed by atoms with van der Waals surface area (Å²) in [5.74, 6) is -0.473. The van der Waals surface area contributed by atoms with E-state index in [1.54, 1.807) is 0 Å². The number of hydrogen-bond donors (Lipinski definition) is 1. The van der Waals surface area contributed by atoms with E-state index in [-0.39, 0.29) is 5.82 Å². The third-order valence-electron chi connectivity index (χ3n) is 3.70. The standard InChI is InChI=1S/C12H18F3N3O2/c1-3-19-11(6-4-5-7-11)8-17-9(20-18-8)10(2,16)12(13,14)15/h3-7,16H2,1-2H3. The minimum absolute atomic E-state index is 0.160. The molecule has 1 aliphatic carbocycles. The molecule has 1 aromatic heterocycles. The van der Waals surface area contributed by atoms with E-state index in [1.807, 2.05) is 6.92 Å². The highest BCUT2D eigenvalue weighted by Crippen LogP contribution is 2.42. The van der Waals surface area contributed by atoms with Crippen LogP contribution in [-0.4, -0.2) is 22.9 Å². The van der Waals surface area contributed by atoms with Crippen LogP contribution in [0.3, 0.4) is 0 Å². The van der Waals surface area contributed by atoms with Crippen molar-refractivity contribution in [2.75, 3.05) is 6.61 Å². The number of hydrogen-bond acceptors (Lipinski definition) is 5.